The Balaban J connectivity index is 1.51. The zero-order chi connectivity index (χ0) is 21.5. The molecule has 0 spiro atoms. The number of hydrogen-bond donors (Lipinski definition) is 0. The van der Waals surface area contributed by atoms with Crippen molar-refractivity contribution in [1.82, 2.24) is 14.8 Å². The summed E-state index contributed by atoms with van der Waals surface area (Å²) in [5, 5.41) is 21.0. The van der Waals surface area contributed by atoms with Gasteiger partial charge in [-0.05, 0) is 30.3 Å². The van der Waals surface area contributed by atoms with Gasteiger partial charge < -0.3 is 0 Å². The number of hydrazone groups is 1. The van der Waals surface area contributed by atoms with E-state index in [-0.39, 0.29) is 27.6 Å². The van der Waals surface area contributed by atoms with Crippen LogP contribution in [0.5, 0.6) is 0 Å². The first-order valence-corrected chi connectivity index (χ1v) is 9.27. The lowest BCUT2D eigenvalue weighted by Gasteiger charge is -2.22. The van der Waals surface area contributed by atoms with E-state index >= 15 is 0 Å². The van der Waals surface area contributed by atoms with E-state index < -0.39 is 16.7 Å². The fraction of sp³-hybridized carbons (Fsp3) is 0. The number of aromatic nitrogens is 2. The standard InChI is InChI=1S/C22H13N5O4/c28-21-17-8-4-7-16-19(27(30)31)10-9-18(20(16)17)22(29)26(21)24-12-14-11-23-25(13-14)15-5-2-1-3-6-15/h1-13H/b24-12-. The van der Waals surface area contributed by atoms with Gasteiger partial charge >= 0.3 is 0 Å². The fourth-order valence-electron chi connectivity index (χ4n) is 3.58. The molecule has 5 rings (SSSR count). The third-order valence-electron chi connectivity index (χ3n) is 5.01. The summed E-state index contributed by atoms with van der Waals surface area (Å²) < 4.78 is 1.65. The number of amides is 2. The van der Waals surface area contributed by atoms with E-state index in [1.54, 1.807) is 23.1 Å². The number of nitrogens with zero attached hydrogens (tertiary/aromatic N) is 5. The van der Waals surface area contributed by atoms with Crippen LogP contribution in [0, 0.1) is 10.1 Å². The van der Waals surface area contributed by atoms with Gasteiger partial charge in [0.15, 0.2) is 0 Å². The second kappa shape index (κ2) is 6.99. The zero-order valence-corrected chi connectivity index (χ0v) is 15.9. The maximum Gasteiger partial charge on any atom is 0.282 e. The Kier molecular flexibility index (Phi) is 4.14. The lowest BCUT2D eigenvalue weighted by atomic mass is 9.94. The van der Waals surface area contributed by atoms with E-state index in [0.29, 0.717) is 5.56 Å². The topological polar surface area (TPSA) is 111 Å². The van der Waals surface area contributed by atoms with Crippen molar-refractivity contribution in [2.24, 2.45) is 5.10 Å². The Bertz CT molecular complexity index is 1390. The van der Waals surface area contributed by atoms with E-state index in [9.17, 15) is 19.7 Å². The van der Waals surface area contributed by atoms with Crippen molar-refractivity contribution in [3.63, 3.8) is 0 Å². The first kappa shape index (κ1) is 18.4. The normalized spacial score (nSPS) is 13.4. The van der Waals surface area contributed by atoms with Crippen LogP contribution in [0.25, 0.3) is 16.5 Å². The minimum atomic E-state index is -0.643. The highest BCUT2D eigenvalue weighted by Crippen LogP contribution is 2.35. The van der Waals surface area contributed by atoms with Gasteiger partial charge in [-0.1, -0.05) is 24.3 Å². The first-order chi connectivity index (χ1) is 15.0. The van der Waals surface area contributed by atoms with Crippen LogP contribution in [-0.2, 0) is 0 Å². The van der Waals surface area contributed by atoms with Gasteiger partial charge in [0.1, 0.15) is 0 Å². The SMILES string of the molecule is O=C1c2cccc3c([N+](=O)[O-])ccc(c23)C(=O)N1/N=C\c1cnn(-c2ccccc2)c1. The summed E-state index contributed by atoms with van der Waals surface area (Å²) in [6, 6.07) is 16.7. The molecule has 0 atom stereocenters. The average Bonchev–Trinajstić information content (AvgIpc) is 3.26. The number of nitro groups is 1. The van der Waals surface area contributed by atoms with Crippen molar-refractivity contribution in [2.75, 3.05) is 0 Å². The van der Waals surface area contributed by atoms with Crippen LogP contribution in [-0.4, -0.2) is 37.7 Å². The smallest absolute Gasteiger partial charge is 0.267 e. The molecule has 1 aromatic heterocycles. The molecule has 0 saturated carbocycles. The number of carbonyl (C=O) groups excluding carboxylic acids is 2. The quantitative estimate of drug-likeness (QED) is 0.221. The van der Waals surface area contributed by atoms with E-state index in [4.69, 9.17) is 0 Å². The van der Waals surface area contributed by atoms with Crippen molar-refractivity contribution >= 4 is 34.5 Å². The second-order valence-corrected chi connectivity index (χ2v) is 6.84. The number of para-hydroxylation sites is 1. The van der Waals surface area contributed by atoms with Crippen molar-refractivity contribution in [3.8, 4) is 5.69 Å². The molecule has 1 aliphatic heterocycles. The third kappa shape index (κ3) is 2.96. The predicted molar refractivity (Wildman–Crippen MR) is 112 cm³/mol. The van der Waals surface area contributed by atoms with Crippen molar-refractivity contribution < 1.29 is 14.5 Å². The van der Waals surface area contributed by atoms with Gasteiger partial charge in [0.25, 0.3) is 17.5 Å². The molecule has 150 valence electrons. The molecular formula is C22H13N5O4. The molecule has 9 nitrogen and oxygen atoms in total. The van der Waals surface area contributed by atoms with Gasteiger partial charge in [-0.2, -0.15) is 15.2 Å². The highest BCUT2D eigenvalue weighted by atomic mass is 16.6. The third-order valence-corrected chi connectivity index (χ3v) is 5.01. The van der Waals surface area contributed by atoms with Gasteiger partial charge in [0, 0.05) is 23.2 Å². The maximum atomic E-state index is 12.9. The number of non-ortho nitro benzene ring substituents is 1. The van der Waals surface area contributed by atoms with Crippen LogP contribution in [0.4, 0.5) is 5.69 Å². The van der Waals surface area contributed by atoms with E-state index in [1.807, 2.05) is 30.3 Å². The summed E-state index contributed by atoms with van der Waals surface area (Å²) in [4.78, 5) is 36.7. The average molecular weight is 411 g/mol. The Morgan fingerprint density at radius 3 is 2.42 bits per heavy atom. The summed E-state index contributed by atoms with van der Waals surface area (Å²) in [5.74, 6) is -1.29. The van der Waals surface area contributed by atoms with Crippen LogP contribution >= 0.6 is 0 Å². The van der Waals surface area contributed by atoms with Crippen LogP contribution in [0.3, 0.4) is 0 Å². The van der Waals surface area contributed by atoms with Crippen LogP contribution < -0.4 is 0 Å². The molecule has 2 amide bonds. The van der Waals surface area contributed by atoms with Crippen LogP contribution in [0.1, 0.15) is 26.3 Å². The monoisotopic (exact) mass is 411 g/mol. The maximum absolute atomic E-state index is 12.9. The van der Waals surface area contributed by atoms with Gasteiger partial charge in [0.05, 0.1) is 39.5 Å². The Labute approximate surface area is 175 Å². The van der Waals surface area contributed by atoms with Gasteiger partial charge in [-0.3, -0.25) is 19.7 Å². The summed E-state index contributed by atoms with van der Waals surface area (Å²) in [6.45, 7) is 0. The second-order valence-electron chi connectivity index (χ2n) is 6.84. The van der Waals surface area contributed by atoms with Crippen LogP contribution in [0.15, 0.2) is 78.2 Å². The molecule has 3 aromatic carbocycles. The summed E-state index contributed by atoms with van der Waals surface area (Å²) in [5.41, 5.74) is 1.67. The Morgan fingerprint density at radius 1 is 0.935 bits per heavy atom. The molecule has 0 radical (unpaired) electrons. The van der Waals surface area contributed by atoms with Crippen LogP contribution in [0.2, 0.25) is 0 Å². The molecular weight excluding hydrogens is 398 g/mol. The number of benzene rings is 3. The number of carbonyl (C=O) groups is 2. The van der Waals surface area contributed by atoms with Crippen molar-refractivity contribution in [2.45, 2.75) is 0 Å². The van der Waals surface area contributed by atoms with E-state index in [2.05, 4.69) is 10.2 Å². The molecule has 0 aliphatic carbocycles. The molecule has 0 bridgehead atoms. The van der Waals surface area contributed by atoms with Gasteiger partial charge in [0.2, 0.25) is 0 Å². The predicted octanol–water partition coefficient (Wildman–Crippen LogP) is 3.56. The Morgan fingerprint density at radius 2 is 1.68 bits per heavy atom. The lowest BCUT2D eigenvalue weighted by molar-refractivity contribution is -0.383. The number of nitro benzene ring substituents is 1. The van der Waals surface area contributed by atoms with E-state index in [1.165, 1.54) is 30.5 Å². The molecule has 4 aromatic rings. The van der Waals surface area contributed by atoms with Crippen molar-refractivity contribution in [3.05, 3.63) is 99.9 Å². The van der Waals surface area contributed by atoms with Gasteiger partial charge in [-0.25, -0.2) is 4.68 Å². The first-order valence-electron chi connectivity index (χ1n) is 9.27. The fourth-order valence-corrected chi connectivity index (χ4v) is 3.58. The summed E-state index contributed by atoms with van der Waals surface area (Å²) in [6.07, 6.45) is 4.65. The molecule has 1 aliphatic rings. The Hall–Kier alpha value is -4.66. The number of imide groups is 1. The molecule has 0 N–H and O–H groups in total. The largest absolute Gasteiger partial charge is 0.282 e. The molecule has 9 heteroatoms. The molecule has 2 heterocycles. The molecule has 31 heavy (non-hydrogen) atoms. The number of rotatable bonds is 4. The minimum absolute atomic E-state index is 0.161. The highest BCUT2D eigenvalue weighted by molar-refractivity contribution is 6.26. The highest BCUT2D eigenvalue weighted by Gasteiger charge is 2.34. The molecule has 0 saturated heterocycles. The lowest BCUT2D eigenvalue weighted by Crippen LogP contribution is -2.36. The summed E-state index contributed by atoms with van der Waals surface area (Å²) in [7, 11) is 0. The summed E-state index contributed by atoms with van der Waals surface area (Å²) >= 11 is 0. The zero-order valence-electron chi connectivity index (χ0n) is 15.9. The van der Waals surface area contributed by atoms with Gasteiger partial charge in [-0.15, -0.1) is 0 Å². The van der Waals surface area contributed by atoms with E-state index in [0.717, 1.165) is 10.7 Å². The minimum Gasteiger partial charge on any atom is -0.267 e. The molecule has 0 unspecified atom stereocenters. The molecule has 0 fully saturated rings. The van der Waals surface area contributed by atoms with Crippen molar-refractivity contribution in [1.29, 1.82) is 0 Å². The number of hydrogen-bond acceptors (Lipinski definition) is 6.